The predicted octanol–water partition coefficient (Wildman–Crippen LogP) is 5.68. The number of alkyl halides is 1. The quantitative estimate of drug-likeness (QED) is 0.505. The van der Waals surface area contributed by atoms with Gasteiger partial charge in [-0.25, -0.2) is 4.39 Å². The summed E-state index contributed by atoms with van der Waals surface area (Å²) >= 11 is 8.43. The van der Waals surface area contributed by atoms with Crippen molar-refractivity contribution >= 4 is 22.9 Å². The summed E-state index contributed by atoms with van der Waals surface area (Å²) in [7, 11) is 0. The highest BCUT2D eigenvalue weighted by atomic mass is 35.5. The summed E-state index contributed by atoms with van der Waals surface area (Å²) in [5.74, 6) is -0.192. The van der Waals surface area contributed by atoms with Crippen LogP contribution in [0.4, 0.5) is 4.39 Å². The predicted molar refractivity (Wildman–Crippen MR) is 84.3 cm³/mol. The molecule has 0 aliphatic heterocycles. The van der Waals surface area contributed by atoms with Crippen molar-refractivity contribution < 1.29 is 4.39 Å². The Bertz CT molecular complexity index is 550. The van der Waals surface area contributed by atoms with Gasteiger partial charge in [0.25, 0.3) is 0 Å². The molecule has 0 amide bonds. The first-order valence-electron chi connectivity index (χ1n) is 7.22. The van der Waals surface area contributed by atoms with Crippen molar-refractivity contribution in [3.8, 4) is 0 Å². The van der Waals surface area contributed by atoms with Crippen LogP contribution in [0.15, 0.2) is 30.3 Å². The van der Waals surface area contributed by atoms with Crippen LogP contribution in [0, 0.1) is 5.82 Å². The van der Waals surface area contributed by atoms with Crippen LogP contribution in [-0.4, -0.2) is 0 Å². The van der Waals surface area contributed by atoms with Crippen molar-refractivity contribution in [2.24, 2.45) is 0 Å². The molecule has 1 aromatic carbocycles. The summed E-state index contributed by atoms with van der Waals surface area (Å²) in [6, 6.07) is 8.95. The van der Waals surface area contributed by atoms with Crippen LogP contribution in [0.1, 0.15) is 45.5 Å². The Balaban J connectivity index is 1.73. The summed E-state index contributed by atoms with van der Waals surface area (Å²) in [6.07, 6.45) is 7.12. The van der Waals surface area contributed by atoms with E-state index in [9.17, 15) is 4.39 Å². The molecule has 1 aromatic heterocycles. The maximum absolute atomic E-state index is 12.9. The van der Waals surface area contributed by atoms with Gasteiger partial charge >= 0.3 is 0 Å². The van der Waals surface area contributed by atoms with Gasteiger partial charge in [-0.05, 0) is 61.4 Å². The van der Waals surface area contributed by atoms with Gasteiger partial charge < -0.3 is 0 Å². The minimum Gasteiger partial charge on any atom is -0.207 e. The lowest BCUT2D eigenvalue weighted by Crippen LogP contribution is -1.93. The van der Waals surface area contributed by atoms with Crippen LogP contribution in [0.3, 0.4) is 0 Å². The first-order chi connectivity index (χ1) is 9.72. The van der Waals surface area contributed by atoms with Crippen LogP contribution < -0.4 is 0 Å². The van der Waals surface area contributed by atoms with Crippen molar-refractivity contribution in [3.05, 3.63) is 57.0 Å². The lowest BCUT2D eigenvalue weighted by atomic mass is 10.1. The van der Waals surface area contributed by atoms with E-state index in [0.717, 1.165) is 12.0 Å². The molecule has 1 heterocycles. The molecular weight excluding hydrogens is 291 g/mol. The van der Waals surface area contributed by atoms with E-state index < -0.39 is 0 Å². The molecule has 3 heteroatoms. The SMILES string of the molecule is Fc1ccc(CC(Cl)c2cc3c(s2)CCCCC3)cc1. The fourth-order valence-electron chi connectivity index (χ4n) is 2.77. The van der Waals surface area contributed by atoms with Gasteiger partial charge in [-0.1, -0.05) is 18.6 Å². The maximum Gasteiger partial charge on any atom is 0.123 e. The Morgan fingerprint density at radius 2 is 1.85 bits per heavy atom. The average Bonchev–Trinajstić information content (AvgIpc) is 2.73. The molecule has 2 aromatic rings. The zero-order chi connectivity index (χ0) is 13.9. The monoisotopic (exact) mass is 308 g/mol. The number of aryl methyl sites for hydroxylation is 2. The van der Waals surface area contributed by atoms with E-state index in [0.29, 0.717) is 0 Å². The topological polar surface area (TPSA) is 0 Å². The average molecular weight is 309 g/mol. The van der Waals surface area contributed by atoms with Crippen LogP contribution in [0.5, 0.6) is 0 Å². The minimum atomic E-state index is -0.192. The molecule has 0 saturated heterocycles. The van der Waals surface area contributed by atoms with Gasteiger partial charge in [-0.3, -0.25) is 0 Å². The molecular formula is C17H18ClFS. The molecule has 0 spiro atoms. The number of hydrogen-bond donors (Lipinski definition) is 0. The second kappa shape index (κ2) is 6.28. The van der Waals surface area contributed by atoms with E-state index in [-0.39, 0.29) is 11.2 Å². The van der Waals surface area contributed by atoms with Gasteiger partial charge in [0.2, 0.25) is 0 Å². The summed E-state index contributed by atoms with van der Waals surface area (Å²) in [4.78, 5) is 2.80. The summed E-state index contributed by atoms with van der Waals surface area (Å²) in [5.41, 5.74) is 2.60. The van der Waals surface area contributed by atoms with Gasteiger partial charge in [0, 0.05) is 9.75 Å². The third-order valence-corrected chi connectivity index (χ3v) is 5.77. The van der Waals surface area contributed by atoms with E-state index in [4.69, 9.17) is 11.6 Å². The standard InChI is InChI=1S/C17H18ClFS/c18-15(10-12-6-8-14(19)9-7-12)17-11-13-4-2-1-3-5-16(13)20-17/h6-9,11,15H,1-5,10H2. The summed E-state index contributed by atoms with van der Waals surface area (Å²) in [5, 5.41) is -0.00242. The highest BCUT2D eigenvalue weighted by Gasteiger charge is 2.17. The fourth-order valence-corrected chi connectivity index (χ4v) is 4.38. The Hall–Kier alpha value is -0.860. The molecule has 0 bridgehead atoms. The fraction of sp³-hybridized carbons (Fsp3) is 0.412. The second-order valence-electron chi connectivity index (χ2n) is 5.46. The Morgan fingerprint density at radius 1 is 1.10 bits per heavy atom. The van der Waals surface area contributed by atoms with E-state index in [1.165, 1.54) is 59.6 Å². The van der Waals surface area contributed by atoms with Crippen LogP contribution in [0.2, 0.25) is 0 Å². The Kier molecular flexibility index (Phi) is 4.42. The van der Waals surface area contributed by atoms with Gasteiger partial charge in [0.15, 0.2) is 0 Å². The van der Waals surface area contributed by atoms with E-state index in [1.807, 2.05) is 23.5 Å². The van der Waals surface area contributed by atoms with Gasteiger partial charge in [0.1, 0.15) is 5.82 Å². The smallest absolute Gasteiger partial charge is 0.123 e. The summed E-state index contributed by atoms with van der Waals surface area (Å²) < 4.78 is 12.9. The van der Waals surface area contributed by atoms with Crippen LogP contribution in [-0.2, 0) is 19.3 Å². The van der Waals surface area contributed by atoms with E-state index >= 15 is 0 Å². The molecule has 3 rings (SSSR count). The van der Waals surface area contributed by atoms with Gasteiger partial charge in [-0.15, -0.1) is 22.9 Å². The number of halogens is 2. The highest BCUT2D eigenvalue weighted by Crippen LogP contribution is 2.36. The minimum absolute atomic E-state index is 0.00242. The molecule has 0 N–H and O–H groups in total. The molecule has 1 unspecified atom stereocenters. The van der Waals surface area contributed by atoms with Crippen LogP contribution >= 0.6 is 22.9 Å². The molecule has 0 saturated carbocycles. The normalized spacial score (nSPS) is 16.5. The third kappa shape index (κ3) is 3.24. The molecule has 1 aliphatic rings. The number of fused-ring (bicyclic) bond motifs is 1. The first-order valence-corrected chi connectivity index (χ1v) is 8.47. The van der Waals surface area contributed by atoms with Crippen molar-refractivity contribution in [1.29, 1.82) is 0 Å². The number of benzene rings is 1. The highest BCUT2D eigenvalue weighted by molar-refractivity contribution is 7.12. The first kappa shape index (κ1) is 14.1. The molecule has 0 fully saturated rings. The zero-order valence-electron chi connectivity index (χ0n) is 11.4. The Labute approximate surface area is 128 Å². The number of thiophene rings is 1. The van der Waals surface area contributed by atoms with Crippen molar-refractivity contribution in [2.45, 2.75) is 43.9 Å². The molecule has 20 heavy (non-hydrogen) atoms. The van der Waals surface area contributed by atoms with E-state index in [2.05, 4.69) is 6.07 Å². The lowest BCUT2D eigenvalue weighted by Gasteiger charge is -2.07. The third-order valence-electron chi connectivity index (χ3n) is 3.90. The zero-order valence-corrected chi connectivity index (χ0v) is 12.9. The van der Waals surface area contributed by atoms with Crippen LogP contribution in [0.25, 0.3) is 0 Å². The molecule has 1 atom stereocenters. The van der Waals surface area contributed by atoms with Crippen molar-refractivity contribution in [2.75, 3.05) is 0 Å². The lowest BCUT2D eigenvalue weighted by molar-refractivity contribution is 0.627. The summed E-state index contributed by atoms with van der Waals surface area (Å²) in [6.45, 7) is 0. The second-order valence-corrected chi connectivity index (χ2v) is 7.15. The van der Waals surface area contributed by atoms with Gasteiger partial charge in [0.05, 0.1) is 5.38 Å². The van der Waals surface area contributed by atoms with Crippen molar-refractivity contribution in [1.82, 2.24) is 0 Å². The molecule has 1 aliphatic carbocycles. The van der Waals surface area contributed by atoms with Gasteiger partial charge in [-0.2, -0.15) is 0 Å². The largest absolute Gasteiger partial charge is 0.207 e. The number of rotatable bonds is 3. The number of hydrogen-bond acceptors (Lipinski definition) is 1. The van der Waals surface area contributed by atoms with E-state index in [1.54, 1.807) is 0 Å². The van der Waals surface area contributed by atoms with Crippen molar-refractivity contribution in [3.63, 3.8) is 0 Å². The Morgan fingerprint density at radius 3 is 2.65 bits per heavy atom. The molecule has 106 valence electrons. The molecule has 0 radical (unpaired) electrons. The molecule has 0 nitrogen and oxygen atoms in total. The maximum atomic E-state index is 12.9.